The number of carbonyl (C=O) groups excluding carboxylic acids is 1. The highest BCUT2D eigenvalue weighted by atomic mass is 32.1. The van der Waals surface area contributed by atoms with Crippen molar-refractivity contribution in [3.63, 3.8) is 0 Å². The van der Waals surface area contributed by atoms with E-state index in [9.17, 15) is 4.79 Å². The summed E-state index contributed by atoms with van der Waals surface area (Å²) in [5.41, 5.74) is 5.69. The molecule has 0 aliphatic carbocycles. The lowest BCUT2D eigenvalue weighted by atomic mass is 10.1. The Labute approximate surface area is 197 Å². The average Bonchev–Trinajstić information content (AvgIpc) is 2.82. The molecule has 0 unspecified atom stereocenters. The predicted octanol–water partition coefficient (Wildman–Crippen LogP) is 5.03. The molecule has 2 heterocycles. The first-order valence-electron chi connectivity index (χ1n) is 10.3. The number of hydrogen-bond acceptors (Lipinski definition) is 6. The molecule has 0 fully saturated rings. The van der Waals surface area contributed by atoms with E-state index >= 15 is 0 Å². The Morgan fingerprint density at radius 3 is 2.58 bits per heavy atom. The molecule has 4 aromatic rings. The van der Waals surface area contributed by atoms with E-state index < -0.39 is 0 Å². The summed E-state index contributed by atoms with van der Waals surface area (Å²) in [7, 11) is 0. The van der Waals surface area contributed by atoms with Gasteiger partial charge in [-0.15, -0.1) is 0 Å². The zero-order chi connectivity index (χ0) is 23.2. The van der Waals surface area contributed by atoms with Gasteiger partial charge in [0.2, 0.25) is 5.95 Å². The van der Waals surface area contributed by atoms with Gasteiger partial charge in [-0.2, -0.15) is 0 Å². The Morgan fingerprint density at radius 1 is 0.939 bits per heavy atom. The van der Waals surface area contributed by atoms with E-state index in [1.807, 2.05) is 68.4 Å². The number of rotatable bonds is 5. The monoisotopic (exact) mass is 454 g/mol. The number of pyridine rings is 1. The number of hydrogen-bond donors (Lipinski definition) is 3. The summed E-state index contributed by atoms with van der Waals surface area (Å²) in [4.78, 5) is 25.6. The maximum Gasteiger partial charge on any atom is 0.257 e. The third kappa shape index (κ3) is 5.55. The first-order chi connectivity index (χ1) is 16.0. The molecule has 0 saturated heterocycles. The minimum Gasteiger partial charge on any atom is -0.332 e. The van der Waals surface area contributed by atoms with Crippen molar-refractivity contribution in [2.45, 2.75) is 13.8 Å². The van der Waals surface area contributed by atoms with Crippen molar-refractivity contribution in [3.8, 4) is 11.3 Å². The second kappa shape index (κ2) is 9.97. The van der Waals surface area contributed by atoms with Crippen LogP contribution in [0, 0.1) is 13.8 Å². The molecule has 2 aromatic carbocycles. The van der Waals surface area contributed by atoms with Gasteiger partial charge in [-0.25, -0.2) is 9.97 Å². The molecule has 0 atom stereocenters. The molecule has 33 heavy (non-hydrogen) atoms. The SMILES string of the molecule is Cc1ccc(NC(=S)NC(=O)c2ccccc2C)cc1Nc1nccc(-c2cccnc2)n1. The second-order valence-electron chi connectivity index (χ2n) is 7.39. The zero-order valence-electron chi connectivity index (χ0n) is 18.2. The first-order valence-corrected chi connectivity index (χ1v) is 10.7. The standard InChI is InChI=1S/C25H22N6OS/c1-16-6-3-4-8-20(16)23(32)31-25(33)28-19-10-9-17(2)22(14-19)30-24-27-13-11-21(29-24)18-7-5-12-26-15-18/h3-15H,1-2H3,(H,27,29,30)(H2,28,31,32,33). The van der Waals surface area contributed by atoms with Crippen LogP contribution in [0.2, 0.25) is 0 Å². The Morgan fingerprint density at radius 2 is 1.79 bits per heavy atom. The van der Waals surface area contributed by atoms with Gasteiger partial charge in [-0.3, -0.25) is 15.1 Å². The summed E-state index contributed by atoms with van der Waals surface area (Å²) in [6.45, 7) is 3.87. The smallest absolute Gasteiger partial charge is 0.257 e. The van der Waals surface area contributed by atoms with E-state index in [2.05, 4.69) is 30.9 Å². The quantitative estimate of drug-likeness (QED) is 0.365. The minimum absolute atomic E-state index is 0.216. The number of benzene rings is 2. The van der Waals surface area contributed by atoms with Crippen molar-refractivity contribution in [2.75, 3.05) is 10.6 Å². The van der Waals surface area contributed by atoms with Gasteiger partial charge in [0, 0.05) is 41.1 Å². The van der Waals surface area contributed by atoms with Crippen LogP contribution >= 0.6 is 12.2 Å². The fourth-order valence-corrected chi connectivity index (χ4v) is 3.42. The zero-order valence-corrected chi connectivity index (χ0v) is 19.0. The third-order valence-corrected chi connectivity index (χ3v) is 5.18. The van der Waals surface area contributed by atoms with Crippen molar-refractivity contribution < 1.29 is 4.79 Å². The van der Waals surface area contributed by atoms with Gasteiger partial charge >= 0.3 is 0 Å². The van der Waals surface area contributed by atoms with Crippen LogP contribution in [-0.4, -0.2) is 26.0 Å². The number of nitrogens with one attached hydrogen (secondary N) is 3. The van der Waals surface area contributed by atoms with Crippen LogP contribution in [0.25, 0.3) is 11.3 Å². The van der Waals surface area contributed by atoms with E-state index in [1.165, 1.54) is 0 Å². The van der Waals surface area contributed by atoms with Crippen molar-refractivity contribution in [1.29, 1.82) is 0 Å². The summed E-state index contributed by atoms with van der Waals surface area (Å²) >= 11 is 5.34. The van der Waals surface area contributed by atoms with Gasteiger partial charge in [-0.05, 0) is 73.6 Å². The maximum absolute atomic E-state index is 12.5. The topological polar surface area (TPSA) is 91.8 Å². The minimum atomic E-state index is -0.253. The summed E-state index contributed by atoms with van der Waals surface area (Å²) < 4.78 is 0. The summed E-state index contributed by atoms with van der Waals surface area (Å²) in [6.07, 6.45) is 5.18. The van der Waals surface area contributed by atoms with Crippen LogP contribution in [0.1, 0.15) is 21.5 Å². The molecule has 4 rings (SSSR count). The fourth-order valence-electron chi connectivity index (χ4n) is 3.21. The Balaban J connectivity index is 1.46. The first kappa shape index (κ1) is 22.0. The lowest BCUT2D eigenvalue weighted by molar-refractivity contribution is 0.0977. The van der Waals surface area contributed by atoms with E-state index in [1.54, 1.807) is 24.7 Å². The van der Waals surface area contributed by atoms with Crippen molar-refractivity contribution >= 4 is 40.6 Å². The predicted molar refractivity (Wildman–Crippen MR) is 135 cm³/mol. The van der Waals surface area contributed by atoms with Gasteiger partial charge in [0.05, 0.1) is 5.69 Å². The molecule has 0 aliphatic rings. The molecule has 0 aliphatic heterocycles. The van der Waals surface area contributed by atoms with Gasteiger partial charge in [0.1, 0.15) is 0 Å². The summed E-state index contributed by atoms with van der Waals surface area (Å²) in [5.74, 6) is 0.212. The van der Waals surface area contributed by atoms with Crippen LogP contribution in [0.15, 0.2) is 79.3 Å². The van der Waals surface area contributed by atoms with Crippen LogP contribution in [-0.2, 0) is 0 Å². The number of aromatic nitrogens is 3. The maximum atomic E-state index is 12.5. The van der Waals surface area contributed by atoms with E-state index in [-0.39, 0.29) is 11.0 Å². The van der Waals surface area contributed by atoms with E-state index in [0.29, 0.717) is 11.5 Å². The number of thiocarbonyl (C=S) groups is 1. The molecule has 3 N–H and O–H groups in total. The van der Waals surface area contributed by atoms with Crippen molar-refractivity contribution in [2.24, 2.45) is 0 Å². The molecule has 8 heteroatoms. The average molecular weight is 455 g/mol. The van der Waals surface area contributed by atoms with Crippen LogP contribution < -0.4 is 16.0 Å². The van der Waals surface area contributed by atoms with Gasteiger partial charge < -0.3 is 10.6 Å². The Bertz CT molecular complexity index is 1310. The van der Waals surface area contributed by atoms with Crippen LogP contribution in [0.5, 0.6) is 0 Å². The molecular formula is C25H22N6OS. The molecule has 1 amide bonds. The highest BCUT2D eigenvalue weighted by Crippen LogP contribution is 2.24. The second-order valence-corrected chi connectivity index (χ2v) is 7.79. The largest absolute Gasteiger partial charge is 0.332 e. The van der Waals surface area contributed by atoms with E-state index in [4.69, 9.17) is 12.2 Å². The molecule has 0 radical (unpaired) electrons. The molecule has 0 bridgehead atoms. The third-order valence-electron chi connectivity index (χ3n) is 4.97. The molecule has 164 valence electrons. The number of anilines is 3. The molecule has 0 spiro atoms. The van der Waals surface area contributed by atoms with Crippen LogP contribution in [0.3, 0.4) is 0 Å². The lowest BCUT2D eigenvalue weighted by Crippen LogP contribution is -2.34. The van der Waals surface area contributed by atoms with Crippen LogP contribution in [0.4, 0.5) is 17.3 Å². The summed E-state index contributed by atoms with van der Waals surface area (Å²) in [6, 6.07) is 18.7. The normalized spacial score (nSPS) is 10.4. The Kier molecular flexibility index (Phi) is 6.66. The van der Waals surface area contributed by atoms with Crippen molar-refractivity contribution in [3.05, 3.63) is 95.9 Å². The highest BCUT2D eigenvalue weighted by molar-refractivity contribution is 7.80. The summed E-state index contributed by atoms with van der Waals surface area (Å²) in [5, 5.41) is 9.26. The van der Waals surface area contributed by atoms with Gasteiger partial charge in [0.25, 0.3) is 5.91 Å². The van der Waals surface area contributed by atoms with Gasteiger partial charge in [0.15, 0.2) is 5.11 Å². The molecular weight excluding hydrogens is 432 g/mol. The van der Waals surface area contributed by atoms with E-state index in [0.717, 1.165) is 33.8 Å². The fraction of sp³-hybridized carbons (Fsp3) is 0.0800. The molecule has 0 saturated carbocycles. The van der Waals surface area contributed by atoms with Gasteiger partial charge in [-0.1, -0.05) is 24.3 Å². The van der Waals surface area contributed by atoms with Crippen molar-refractivity contribution in [1.82, 2.24) is 20.3 Å². The molecule has 7 nitrogen and oxygen atoms in total. The molecule has 2 aromatic heterocycles. The number of aryl methyl sites for hydroxylation is 2. The number of carbonyl (C=O) groups is 1. The lowest BCUT2D eigenvalue weighted by Gasteiger charge is -2.14. The highest BCUT2D eigenvalue weighted by Gasteiger charge is 2.11. The number of nitrogens with zero attached hydrogens (tertiary/aromatic N) is 3. The number of amides is 1. The Hall–Kier alpha value is -4.17.